The van der Waals surface area contributed by atoms with E-state index in [1.165, 1.54) is 0 Å². The first-order valence-corrected chi connectivity index (χ1v) is 12.3. The fourth-order valence-corrected chi connectivity index (χ4v) is 3.63. The van der Waals surface area contributed by atoms with Gasteiger partial charge in [0.25, 0.3) is 0 Å². The van der Waals surface area contributed by atoms with Crippen molar-refractivity contribution in [2.75, 3.05) is 6.54 Å². The molecule has 0 saturated heterocycles. The molecule has 4 unspecified atom stereocenters. The summed E-state index contributed by atoms with van der Waals surface area (Å²) in [6.07, 6.45) is 0.985. The van der Waals surface area contributed by atoms with E-state index >= 15 is 0 Å². The second kappa shape index (κ2) is 16.3. The predicted molar refractivity (Wildman–Crippen MR) is 136 cm³/mol. The van der Waals surface area contributed by atoms with Crippen LogP contribution in [0.15, 0.2) is 30.3 Å². The van der Waals surface area contributed by atoms with E-state index in [1.54, 1.807) is 30.3 Å². The molecule has 206 valence electrons. The minimum atomic E-state index is -1.69. The molecular formula is C25H39N5O7. The first kappa shape index (κ1) is 31.5. The Morgan fingerprint density at radius 3 is 1.95 bits per heavy atom. The van der Waals surface area contributed by atoms with Crippen molar-refractivity contribution in [1.82, 2.24) is 16.0 Å². The highest BCUT2D eigenvalue weighted by molar-refractivity contribution is 5.94. The Morgan fingerprint density at radius 1 is 0.838 bits per heavy atom. The fourth-order valence-electron chi connectivity index (χ4n) is 3.63. The van der Waals surface area contributed by atoms with Gasteiger partial charge in [-0.1, -0.05) is 44.2 Å². The second-order valence-corrected chi connectivity index (χ2v) is 9.33. The van der Waals surface area contributed by atoms with Gasteiger partial charge in [-0.2, -0.15) is 0 Å². The Kier molecular flexibility index (Phi) is 13.9. The SMILES string of the molecule is CC(C)CC(N)C(=O)NC(CCCCN)C(=O)NC(Cc1ccccc1)C(=O)NC(CC(=O)O)C(=O)O. The van der Waals surface area contributed by atoms with Gasteiger partial charge in [0.1, 0.15) is 18.1 Å². The molecule has 0 heterocycles. The van der Waals surface area contributed by atoms with E-state index in [0.29, 0.717) is 31.4 Å². The number of hydrogen-bond donors (Lipinski definition) is 7. The summed E-state index contributed by atoms with van der Waals surface area (Å²) in [6, 6.07) is 3.96. The molecule has 0 aliphatic heterocycles. The molecule has 4 atom stereocenters. The number of amides is 3. The first-order chi connectivity index (χ1) is 17.4. The van der Waals surface area contributed by atoms with Crippen LogP contribution >= 0.6 is 0 Å². The van der Waals surface area contributed by atoms with Crippen LogP contribution in [0.2, 0.25) is 0 Å². The number of nitrogens with one attached hydrogen (secondary N) is 3. The zero-order valence-electron chi connectivity index (χ0n) is 21.3. The van der Waals surface area contributed by atoms with Crippen LogP contribution < -0.4 is 27.4 Å². The number of aliphatic carboxylic acids is 2. The Bertz CT molecular complexity index is 910. The third-order valence-corrected chi connectivity index (χ3v) is 5.55. The summed E-state index contributed by atoms with van der Waals surface area (Å²) >= 11 is 0. The van der Waals surface area contributed by atoms with Crippen LogP contribution in [0.5, 0.6) is 0 Å². The van der Waals surface area contributed by atoms with E-state index < -0.39 is 60.2 Å². The van der Waals surface area contributed by atoms with Crippen molar-refractivity contribution in [3.63, 3.8) is 0 Å². The number of rotatable bonds is 17. The quantitative estimate of drug-likeness (QED) is 0.134. The van der Waals surface area contributed by atoms with Gasteiger partial charge >= 0.3 is 11.9 Å². The van der Waals surface area contributed by atoms with Crippen LogP contribution in [0, 0.1) is 5.92 Å². The summed E-state index contributed by atoms with van der Waals surface area (Å²) in [5.74, 6) is -4.78. The van der Waals surface area contributed by atoms with Crippen LogP contribution in [0.4, 0.5) is 0 Å². The van der Waals surface area contributed by atoms with Crippen LogP contribution in [0.1, 0.15) is 51.5 Å². The predicted octanol–water partition coefficient (Wildman–Crippen LogP) is -0.255. The fraction of sp³-hybridized carbons (Fsp3) is 0.560. The molecule has 1 aromatic carbocycles. The molecule has 0 aliphatic rings. The third-order valence-electron chi connectivity index (χ3n) is 5.55. The number of carbonyl (C=O) groups excluding carboxylic acids is 3. The maximum atomic E-state index is 13.2. The van der Waals surface area contributed by atoms with Gasteiger partial charge in [0, 0.05) is 6.42 Å². The highest BCUT2D eigenvalue weighted by Gasteiger charge is 2.31. The lowest BCUT2D eigenvalue weighted by atomic mass is 10.0. The first-order valence-electron chi connectivity index (χ1n) is 12.3. The molecule has 12 heteroatoms. The van der Waals surface area contributed by atoms with Gasteiger partial charge < -0.3 is 37.6 Å². The average Bonchev–Trinajstić information content (AvgIpc) is 2.82. The molecule has 1 aromatic rings. The van der Waals surface area contributed by atoms with Gasteiger partial charge in [0.15, 0.2) is 0 Å². The van der Waals surface area contributed by atoms with Crippen molar-refractivity contribution >= 4 is 29.7 Å². The number of carboxylic acids is 2. The number of hydrogen-bond acceptors (Lipinski definition) is 7. The summed E-state index contributed by atoms with van der Waals surface area (Å²) < 4.78 is 0. The summed E-state index contributed by atoms with van der Waals surface area (Å²) in [6.45, 7) is 4.23. The molecule has 0 aliphatic carbocycles. The number of nitrogens with two attached hydrogens (primary N) is 2. The molecule has 0 fully saturated rings. The van der Waals surface area contributed by atoms with Crippen LogP contribution in [-0.2, 0) is 30.4 Å². The molecule has 0 bridgehead atoms. The summed E-state index contributed by atoms with van der Waals surface area (Å²) in [4.78, 5) is 61.3. The van der Waals surface area contributed by atoms with Crippen molar-refractivity contribution in [3.8, 4) is 0 Å². The molecule has 0 radical (unpaired) electrons. The van der Waals surface area contributed by atoms with E-state index in [9.17, 15) is 29.1 Å². The Balaban J connectivity index is 3.12. The average molecular weight is 522 g/mol. The number of unbranched alkanes of at least 4 members (excludes halogenated alkanes) is 1. The van der Waals surface area contributed by atoms with Gasteiger partial charge in [-0.25, -0.2) is 4.79 Å². The van der Waals surface area contributed by atoms with Gasteiger partial charge in [-0.3, -0.25) is 19.2 Å². The van der Waals surface area contributed by atoms with Gasteiger partial charge in [0.2, 0.25) is 17.7 Å². The third kappa shape index (κ3) is 12.3. The van der Waals surface area contributed by atoms with E-state index in [-0.39, 0.29) is 18.8 Å². The lowest BCUT2D eigenvalue weighted by Crippen LogP contribution is -2.57. The Hall–Kier alpha value is -3.51. The van der Waals surface area contributed by atoms with Gasteiger partial charge in [-0.05, 0) is 43.7 Å². The maximum absolute atomic E-state index is 13.2. The lowest BCUT2D eigenvalue weighted by Gasteiger charge is -2.25. The zero-order chi connectivity index (χ0) is 28.0. The smallest absolute Gasteiger partial charge is 0.326 e. The van der Waals surface area contributed by atoms with Crippen molar-refractivity contribution in [3.05, 3.63) is 35.9 Å². The van der Waals surface area contributed by atoms with E-state index in [1.807, 2.05) is 13.8 Å². The molecule has 0 saturated carbocycles. The minimum absolute atomic E-state index is 0.00809. The molecule has 37 heavy (non-hydrogen) atoms. The van der Waals surface area contributed by atoms with Crippen LogP contribution in [-0.4, -0.2) is 70.6 Å². The van der Waals surface area contributed by atoms with Gasteiger partial charge in [0.05, 0.1) is 12.5 Å². The number of carboxylic acid groups (broad SMARTS) is 2. The summed E-state index contributed by atoms with van der Waals surface area (Å²) in [5, 5.41) is 25.7. The molecular weight excluding hydrogens is 482 g/mol. The zero-order valence-corrected chi connectivity index (χ0v) is 21.3. The Labute approximate surface area is 216 Å². The van der Waals surface area contributed by atoms with Crippen molar-refractivity contribution in [2.24, 2.45) is 17.4 Å². The van der Waals surface area contributed by atoms with Crippen molar-refractivity contribution in [2.45, 2.75) is 76.5 Å². The standard InChI is InChI=1S/C25H39N5O7/c1-15(2)12-17(27)22(33)28-18(10-6-7-11-26)23(34)29-19(13-16-8-4-3-5-9-16)24(35)30-20(25(36)37)14-21(31)32/h3-5,8-9,15,17-20H,6-7,10-14,26-27H2,1-2H3,(H,28,33)(H,29,34)(H,30,35)(H,31,32)(H,36,37). The number of benzene rings is 1. The maximum Gasteiger partial charge on any atom is 0.326 e. The summed E-state index contributed by atoms with van der Waals surface area (Å²) in [5.41, 5.74) is 12.2. The molecule has 12 nitrogen and oxygen atoms in total. The highest BCUT2D eigenvalue weighted by Crippen LogP contribution is 2.09. The summed E-state index contributed by atoms with van der Waals surface area (Å²) in [7, 11) is 0. The van der Waals surface area contributed by atoms with E-state index in [0.717, 1.165) is 0 Å². The molecule has 0 aromatic heterocycles. The molecule has 0 spiro atoms. The molecule has 1 rings (SSSR count). The van der Waals surface area contributed by atoms with Crippen molar-refractivity contribution in [1.29, 1.82) is 0 Å². The monoisotopic (exact) mass is 521 g/mol. The minimum Gasteiger partial charge on any atom is -0.481 e. The number of carbonyl (C=O) groups is 5. The molecule has 9 N–H and O–H groups in total. The van der Waals surface area contributed by atoms with Crippen molar-refractivity contribution < 1.29 is 34.2 Å². The van der Waals surface area contributed by atoms with Gasteiger partial charge in [-0.15, -0.1) is 0 Å². The normalized spacial score (nSPS) is 14.2. The highest BCUT2D eigenvalue weighted by atomic mass is 16.4. The van der Waals surface area contributed by atoms with E-state index in [2.05, 4.69) is 16.0 Å². The lowest BCUT2D eigenvalue weighted by molar-refractivity contribution is -0.147. The van der Waals surface area contributed by atoms with Crippen LogP contribution in [0.3, 0.4) is 0 Å². The van der Waals surface area contributed by atoms with Crippen LogP contribution in [0.25, 0.3) is 0 Å². The largest absolute Gasteiger partial charge is 0.481 e. The molecule has 3 amide bonds. The second-order valence-electron chi connectivity index (χ2n) is 9.33. The topological polar surface area (TPSA) is 214 Å². The van der Waals surface area contributed by atoms with E-state index in [4.69, 9.17) is 16.6 Å². The Morgan fingerprint density at radius 2 is 1.41 bits per heavy atom.